The Balaban J connectivity index is 1.41. The summed E-state index contributed by atoms with van der Waals surface area (Å²) in [4.78, 5) is 9.77. The molecule has 10 rings (SSSR count). The second-order valence-corrected chi connectivity index (χ2v) is 22.7. The number of aromatic nitrogens is 2. The molecule has 0 unspecified atom stereocenters. The van der Waals surface area contributed by atoms with Gasteiger partial charge in [0.2, 0.25) is 0 Å². The fourth-order valence-electron chi connectivity index (χ4n) is 12.9. The minimum absolute atomic E-state index is 0.125. The molecule has 8 aromatic carbocycles. The van der Waals surface area contributed by atoms with Crippen molar-refractivity contribution in [2.45, 2.75) is 15.6 Å². The Morgan fingerprint density at radius 3 is 0.720 bits per heavy atom. The summed E-state index contributed by atoms with van der Waals surface area (Å²) in [6.45, 7) is 0. The first-order valence-electron chi connectivity index (χ1n) is 26.9. The Kier molecular flexibility index (Phi) is 18.4. The van der Waals surface area contributed by atoms with Crippen molar-refractivity contribution in [3.05, 3.63) is 11.1 Å². The maximum atomic E-state index is 7.53. The highest BCUT2D eigenvalue weighted by Gasteiger charge is 2.57. The first kappa shape index (κ1) is 71.3. The number of benzene rings is 8. The van der Waals surface area contributed by atoms with Crippen LogP contribution in [0.25, 0.3) is 89.2 Å². The van der Waals surface area contributed by atoms with E-state index in [0.29, 0.717) is 0 Å². The highest BCUT2D eigenvalue weighted by molar-refractivity contribution is 6.77. The quantitative estimate of drug-likeness (QED) is 0.142. The fourth-order valence-corrected chi connectivity index (χ4v) is 12.9. The third-order valence-electron chi connectivity index (χ3n) is 17.7. The van der Waals surface area contributed by atoms with Crippen molar-refractivity contribution in [1.82, 2.24) is 9.97 Å². The molecular weight excluding hydrogens is 1080 g/mol. The molecule has 1 heterocycles. The maximum absolute atomic E-state index is 7.53. The molecular formula is C53B38N2. The normalized spacial score (nSPS) is 12.7. The van der Waals surface area contributed by atoms with Crippen LogP contribution in [0.4, 0.5) is 0 Å². The monoisotopic (exact) mass is 1080 g/mol. The van der Waals surface area contributed by atoms with Gasteiger partial charge < -0.3 is 0 Å². The summed E-state index contributed by atoms with van der Waals surface area (Å²) in [6.07, 6.45) is 0. The highest BCUT2D eigenvalue weighted by atomic mass is 14.9. The summed E-state index contributed by atoms with van der Waals surface area (Å²) in [7, 11) is 259. The van der Waals surface area contributed by atoms with Crippen molar-refractivity contribution >= 4 is 484 Å². The van der Waals surface area contributed by atoms with Crippen molar-refractivity contribution in [2.24, 2.45) is 0 Å². The van der Waals surface area contributed by atoms with Crippen LogP contribution in [0.5, 0.6) is 0 Å². The molecule has 2 nitrogen and oxygen atoms in total. The van der Waals surface area contributed by atoms with Crippen LogP contribution in [0.1, 0.15) is 11.1 Å². The van der Waals surface area contributed by atoms with E-state index in [1.54, 1.807) is 0 Å². The van der Waals surface area contributed by atoms with E-state index >= 15 is 0 Å². The molecule has 0 saturated heterocycles. The minimum atomic E-state index is -2.81. The predicted molar refractivity (Wildman–Crippen MR) is 431 cm³/mol. The summed E-state index contributed by atoms with van der Waals surface area (Å²) < 4.78 is 0. The lowest BCUT2D eigenvalue weighted by Gasteiger charge is -2.57. The van der Waals surface area contributed by atoms with E-state index in [9.17, 15) is 0 Å². The smallest absolute Gasteiger partial charge is 0.159 e. The standard InChI is InChI=1S/C53B38N2/c54-16-7(9-27(65)38(76)44(82)39(77)28(9)66)26(64)35(73)32(70)12(16)49-47(85)48(92-50(93-49)13-33(71)42(80)46(84)43(81)34(13)72)11-3-1(20(58)36(74)37(75)21(3)59)2(19(57)31(11)69)6-17(55)14-4(22(60)24(6)62)5-15(51(14,52(86,87)88)53(89,90)91)18(56)8(25(63)23(5)61)10-29(67)40(78)45(83)41(79)30(10)68. The van der Waals surface area contributed by atoms with Gasteiger partial charge in [0, 0.05) is 5.56 Å². The summed E-state index contributed by atoms with van der Waals surface area (Å²) in [5.74, 6) is -0.446. The topological polar surface area (TPSA) is 25.8 Å². The van der Waals surface area contributed by atoms with Gasteiger partial charge in [-0.15, -0.1) is 75.8 Å². The lowest BCUT2D eigenvalue weighted by Crippen LogP contribution is -2.58. The van der Waals surface area contributed by atoms with Gasteiger partial charge in [0.05, 0.1) is 58.5 Å². The molecule has 0 N–H and O–H groups in total. The largest absolute Gasteiger partial charge is 0.229 e. The molecule has 1 aliphatic rings. The van der Waals surface area contributed by atoms with Gasteiger partial charge in [-0.2, -0.15) is 0 Å². The molecule has 76 radical (unpaired) electrons. The van der Waals surface area contributed by atoms with Gasteiger partial charge in [-0.1, -0.05) is 104 Å². The third kappa shape index (κ3) is 9.66. The molecule has 9 aromatic rings. The SMILES string of the molecule is [B]c1c(-c2c([B])c([B])c([B])c(-c3c([B])c([B])c([B])c([B])c3[B])c2[B])nc(-c2c([B])c([B])c([B])c([B])c2[B])nc1-c1c([B])c([B])c(-c2c([B])c([B])c3c(c2[B])C(C([B])([B])[B])(C([B])([B])[B])c2c([B])c(-c4c([B])c([B])c([B])c([B])c4[B])c([B])c([B])c2-3)c2c([B])c([B])c([B])c([B])c12. The van der Waals surface area contributed by atoms with Crippen molar-refractivity contribution in [3.63, 3.8) is 0 Å². The summed E-state index contributed by atoms with van der Waals surface area (Å²) in [5, 5.41) is -6.13. The van der Waals surface area contributed by atoms with Gasteiger partial charge in [-0.25, -0.2) is 9.97 Å². The lowest BCUT2D eigenvalue weighted by atomic mass is 9.17. The average Bonchev–Trinajstić information content (AvgIpc) is 1.52. The fraction of sp³-hybridized carbons (Fsp3) is 0.0566. The summed E-state index contributed by atoms with van der Waals surface area (Å²) in [6, 6.07) is 0. The van der Waals surface area contributed by atoms with E-state index in [0.717, 1.165) is 0 Å². The van der Waals surface area contributed by atoms with Gasteiger partial charge in [0.15, 0.2) is 5.82 Å². The third-order valence-corrected chi connectivity index (χ3v) is 17.7. The predicted octanol–water partition coefficient (Wildman–Crippen LogP) is -27.5. The van der Waals surface area contributed by atoms with Crippen LogP contribution >= 0.6 is 0 Å². The zero-order valence-electron chi connectivity index (χ0n) is 49.3. The van der Waals surface area contributed by atoms with Gasteiger partial charge in [0.25, 0.3) is 0 Å². The van der Waals surface area contributed by atoms with Gasteiger partial charge in [-0.05, 0) is 88.4 Å². The molecule has 40 heteroatoms. The molecule has 0 amide bonds. The van der Waals surface area contributed by atoms with Crippen LogP contribution in [0.3, 0.4) is 0 Å². The number of rotatable bonds is 8. The van der Waals surface area contributed by atoms with Crippen LogP contribution in [-0.4, -0.2) is 308 Å². The maximum Gasteiger partial charge on any atom is 0.159 e. The molecule has 0 bridgehead atoms. The molecule has 1 aromatic heterocycles. The molecule has 93 heavy (non-hydrogen) atoms. The molecule has 0 fully saturated rings. The van der Waals surface area contributed by atoms with Crippen molar-refractivity contribution in [2.75, 3.05) is 0 Å². The molecule has 0 aliphatic heterocycles. The van der Waals surface area contributed by atoms with Gasteiger partial charge >= 0.3 is 0 Å². The van der Waals surface area contributed by atoms with E-state index in [1.165, 1.54) is 0 Å². The van der Waals surface area contributed by atoms with E-state index in [-0.39, 0.29) is 225 Å². The molecule has 0 atom stereocenters. The van der Waals surface area contributed by atoms with Crippen LogP contribution in [0.15, 0.2) is 0 Å². The zero-order chi connectivity index (χ0) is 69.8. The summed E-state index contributed by atoms with van der Waals surface area (Å²) >= 11 is 0. The second-order valence-electron chi connectivity index (χ2n) is 22.7. The van der Waals surface area contributed by atoms with Crippen molar-refractivity contribution in [3.8, 4) is 78.4 Å². The number of fused-ring (bicyclic) bond motifs is 4. The Labute approximate surface area is 594 Å². The van der Waals surface area contributed by atoms with Crippen LogP contribution in [0, 0.1) is 0 Å². The van der Waals surface area contributed by atoms with Crippen molar-refractivity contribution in [1.29, 1.82) is 0 Å². The Morgan fingerprint density at radius 2 is 0.376 bits per heavy atom. The summed E-state index contributed by atoms with van der Waals surface area (Å²) in [5.41, 5.74) is -16.9. The minimum Gasteiger partial charge on any atom is -0.229 e. The van der Waals surface area contributed by atoms with E-state index < -0.39 is 65.4 Å². The first-order valence-corrected chi connectivity index (χ1v) is 26.9. The Morgan fingerprint density at radius 1 is 0.172 bits per heavy atom. The van der Waals surface area contributed by atoms with Gasteiger partial charge in [0.1, 0.15) is 251 Å². The lowest BCUT2D eigenvalue weighted by molar-refractivity contribution is 0.540. The van der Waals surface area contributed by atoms with Crippen LogP contribution in [0.2, 0.25) is 10.2 Å². The number of hydrogen-bond donors (Lipinski definition) is 0. The van der Waals surface area contributed by atoms with E-state index in [1.807, 2.05) is 0 Å². The van der Waals surface area contributed by atoms with Crippen molar-refractivity contribution < 1.29 is 0 Å². The van der Waals surface area contributed by atoms with E-state index in [4.69, 9.17) is 308 Å². The Bertz CT molecular complexity index is 4870. The second kappa shape index (κ2) is 23.9. The average molecular weight is 1080 g/mol. The van der Waals surface area contributed by atoms with Gasteiger partial charge in [-0.3, -0.25) is 0 Å². The molecule has 0 spiro atoms. The zero-order valence-corrected chi connectivity index (χ0v) is 49.3. The van der Waals surface area contributed by atoms with Crippen LogP contribution in [-0.2, 0) is 5.41 Å². The molecule has 0 saturated carbocycles. The molecule has 1 aliphatic carbocycles. The Hall–Kier alpha value is -4.43. The number of nitrogens with zero attached hydrogens (tertiary/aromatic N) is 2. The first-order chi connectivity index (χ1) is 42.9. The molecule has 336 valence electrons. The van der Waals surface area contributed by atoms with Crippen LogP contribution < -0.4 is 175 Å². The number of hydrogen-bond acceptors (Lipinski definition) is 2. The highest BCUT2D eigenvalue weighted by Crippen LogP contribution is 2.63. The van der Waals surface area contributed by atoms with E-state index in [2.05, 4.69) is 0 Å².